The number of methoxy groups -OCH3 is 1. The molecule has 8 nitrogen and oxygen atoms in total. The number of carbonyl (C=O) groups is 1. The largest absolute Gasteiger partial charge is 0.493 e. The van der Waals surface area contributed by atoms with Gasteiger partial charge in [-0.15, -0.1) is 0 Å². The molecule has 2 atom stereocenters. The van der Waals surface area contributed by atoms with Crippen LogP contribution in [0.3, 0.4) is 0 Å². The molecule has 150 valence electrons. The number of fused-ring (bicyclic) bond motifs is 1. The number of pyridine rings is 1. The van der Waals surface area contributed by atoms with E-state index >= 15 is 0 Å². The minimum atomic E-state index is -0.906. The van der Waals surface area contributed by atoms with Crippen molar-refractivity contribution in [3.05, 3.63) is 70.0 Å². The highest BCUT2D eigenvalue weighted by Crippen LogP contribution is 2.40. The van der Waals surface area contributed by atoms with Crippen molar-refractivity contribution in [2.75, 3.05) is 7.11 Å². The lowest BCUT2D eigenvalue weighted by Crippen LogP contribution is -2.45. The molecule has 1 aliphatic heterocycles. The van der Waals surface area contributed by atoms with E-state index in [9.17, 15) is 9.90 Å². The fourth-order valence-electron chi connectivity index (χ4n) is 3.38. The molecule has 0 spiro atoms. The Bertz CT molecular complexity index is 1020. The average molecular weight is 459 g/mol. The molecule has 1 aromatic carbocycles. The molecule has 0 aliphatic carbocycles. The Hall–Kier alpha value is -2.91. The normalized spacial score (nSPS) is 18.1. The number of carboxylic acids is 1. The number of hydrogen-bond acceptors (Lipinski definition) is 6. The first-order chi connectivity index (χ1) is 14.1. The maximum atomic E-state index is 11.6. The Morgan fingerprint density at radius 2 is 2.21 bits per heavy atom. The Labute approximate surface area is 175 Å². The van der Waals surface area contributed by atoms with Crippen LogP contribution in [0.1, 0.15) is 28.7 Å². The minimum Gasteiger partial charge on any atom is -0.493 e. The van der Waals surface area contributed by atoms with Gasteiger partial charge < -0.3 is 19.6 Å². The van der Waals surface area contributed by atoms with Crippen molar-refractivity contribution in [2.24, 2.45) is 0 Å². The molecule has 4 rings (SSSR count). The zero-order chi connectivity index (χ0) is 20.4. The first-order valence-electron chi connectivity index (χ1n) is 8.98. The molecule has 0 amide bonds. The Kier molecular flexibility index (Phi) is 5.50. The Morgan fingerprint density at radius 1 is 1.34 bits per heavy atom. The summed E-state index contributed by atoms with van der Waals surface area (Å²) in [5.41, 5.74) is 3.20. The standard InChI is InChI=1S/C20H19BrN4O4/c1-28-16-7-11(6-13(21)19(16)29-9-12-4-2-3-5-22-12)17-18-14(23-10-24-18)8-15(25-17)20(26)27/h2-7,10,15,17,25H,8-9H2,1H3,(H,23,24)(H,26,27)/t15-,17-/m0/s1. The molecule has 3 aromatic rings. The highest BCUT2D eigenvalue weighted by molar-refractivity contribution is 9.10. The van der Waals surface area contributed by atoms with Crippen LogP contribution >= 0.6 is 15.9 Å². The number of benzene rings is 1. The number of nitrogens with one attached hydrogen (secondary N) is 2. The zero-order valence-corrected chi connectivity index (χ0v) is 17.1. The summed E-state index contributed by atoms with van der Waals surface area (Å²) in [4.78, 5) is 23.3. The quantitative estimate of drug-likeness (QED) is 0.520. The Morgan fingerprint density at radius 3 is 2.93 bits per heavy atom. The van der Waals surface area contributed by atoms with Gasteiger partial charge in [0, 0.05) is 18.3 Å². The van der Waals surface area contributed by atoms with Crippen molar-refractivity contribution in [3.8, 4) is 11.5 Å². The number of imidazole rings is 1. The number of aliphatic carboxylic acids is 1. The smallest absolute Gasteiger partial charge is 0.321 e. The third kappa shape index (κ3) is 3.96. The van der Waals surface area contributed by atoms with Crippen molar-refractivity contribution in [1.82, 2.24) is 20.3 Å². The summed E-state index contributed by atoms with van der Waals surface area (Å²) in [6, 6.07) is 8.25. The van der Waals surface area contributed by atoms with Crippen LogP contribution in [0.2, 0.25) is 0 Å². The summed E-state index contributed by atoms with van der Waals surface area (Å²) in [5, 5.41) is 12.6. The van der Waals surface area contributed by atoms with E-state index < -0.39 is 12.0 Å². The highest BCUT2D eigenvalue weighted by Gasteiger charge is 2.34. The number of hydrogen-bond donors (Lipinski definition) is 3. The lowest BCUT2D eigenvalue weighted by molar-refractivity contribution is -0.139. The topological polar surface area (TPSA) is 109 Å². The van der Waals surface area contributed by atoms with Gasteiger partial charge in [0.05, 0.1) is 35.3 Å². The van der Waals surface area contributed by atoms with Crippen LogP contribution in [0.15, 0.2) is 47.3 Å². The van der Waals surface area contributed by atoms with Crippen molar-refractivity contribution in [1.29, 1.82) is 0 Å². The molecule has 0 saturated heterocycles. The van der Waals surface area contributed by atoms with E-state index in [-0.39, 0.29) is 6.04 Å². The van der Waals surface area contributed by atoms with Crippen LogP contribution in [0.4, 0.5) is 0 Å². The predicted molar refractivity (Wildman–Crippen MR) is 108 cm³/mol. The number of halogens is 1. The van der Waals surface area contributed by atoms with Crippen molar-refractivity contribution in [3.63, 3.8) is 0 Å². The first-order valence-corrected chi connectivity index (χ1v) is 9.77. The fraction of sp³-hybridized carbons (Fsp3) is 0.250. The van der Waals surface area contributed by atoms with Crippen LogP contribution in [0.25, 0.3) is 0 Å². The Balaban J connectivity index is 1.65. The van der Waals surface area contributed by atoms with Gasteiger partial charge in [0.2, 0.25) is 0 Å². The van der Waals surface area contributed by atoms with Crippen molar-refractivity contribution < 1.29 is 19.4 Å². The molecule has 3 N–H and O–H groups in total. The third-order valence-electron chi connectivity index (χ3n) is 4.77. The lowest BCUT2D eigenvalue weighted by Gasteiger charge is -2.29. The molecule has 0 unspecified atom stereocenters. The molecule has 2 aromatic heterocycles. The van der Waals surface area contributed by atoms with Gasteiger partial charge in [-0.25, -0.2) is 4.98 Å². The molecule has 0 fully saturated rings. The number of aromatic amines is 1. The zero-order valence-electron chi connectivity index (χ0n) is 15.6. The monoisotopic (exact) mass is 458 g/mol. The molecule has 9 heteroatoms. The number of H-pyrrole nitrogens is 1. The van der Waals surface area contributed by atoms with Gasteiger partial charge in [0.15, 0.2) is 11.5 Å². The van der Waals surface area contributed by atoms with Crippen LogP contribution < -0.4 is 14.8 Å². The molecule has 29 heavy (non-hydrogen) atoms. The summed E-state index contributed by atoms with van der Waals surface area (Å²) in [6.45, 7) is 0.293. The maximum absolute atomic E-state index is 11.6. The lowest BCUT2D eigenvalue weighted by atomic mass is 9.93. The molecule has 0 bridgehead atoms. The SMILES string of the molecule is COc1cc([C@@H]2N[C@H](C(=O)O)Cc3[nH]cnc32)cc(Br)c1OCc1ccccn1. The molecule has 3 heterocycles. The second kappa shape index (κ2) is 8.22. The molecular formula is C20H19BrN4O4. The molecular weight excluding hydrogens is 440 g/mol. The molecule has 0 saturated carbocycles. The second-order valence-corrected chi connectivity index (χ2v) is 7.46. The minimum absolute atomic E-state index is 0.293. The first kappa shape index (κ1) is 19.4. The summed E-state index contributed by atoms with van der Waals surface area (Å²) in [5.74, 6) is 0.174. The average Bonchev–Trinajstić information content (AvgIpc) is 3.21. The van der Waals surface area contributed by atoms with Crippen LogP contribution in [-0.2, 0) is 17.8 Å². The number of nitrogens with zero attached hydrogens (tertiary/aromatic N) is 2. The van der Waals surface area contributed by atoms with E-state index in [2.05, 4.69) is 36.2 Å². The van der Waals surface area contributed by atoms with Gasteiger partial charge in [-0.3, -0.25) is 15.1 Å². The van der Waals surface area contributed by atoms with Gasteiger partial charge in [-0.1, -0.05) is 6.07 Å². The van der Waals surface area contributed by atoms with E-state index in [0.717, 1.165) is 22.6 Å². The van der Waals surface area contributed by atoms with E-state index in [1.54, 1.807) is 19.6 Å². The summed E-state index contributed by atoms with van der Waals surface area (Å²) in [7, 11) is 1.56. The number of carboxylic acid groups (broad SMARTS) is 1. The van der Waals surface area contributed by atoms with Gasteiger partial charge in [-0.2, -0.15) is 0 Å². The van der Waals surface area contributed by atoms with Gasteiger partial charge in [-0.05, 0) is 45.8 Å². The molecule has 0 radical (unpaired) electrons. The molecule has 1 aliphatic rings. The van der Waals surface area contributed by atoms with Gasteiger partial charge >= 0.3 is 5.97 Å². The fourth-order valence-corrected chi connectivity index (χ4v) is 3.95. The van der Waals surface area contributed by atoms with E-state index in [1.807, 2.05) is 30.3 Å². The van der Waals surface area contributed by atoms with Crippen LogP contribution in [-0.4, -0.2) is 39.2 Å². The van der Waals surface area contributed by atoms with E-state index in [1.165, 1.54) is 0 Å². The second-order valence-electron chi connectivity index (χ2n) is 6.60. The van der Waals surface area contributed by atoms with Gasteiger partial charge in [0.1, 0.15) is 12.6 Å². The summed E-state index contributed by atoms with van der Waals surface area (Å²) in [6.07, 6.45) is 3.65. The predicted octanol–water partition coefficient (Wildman–Crippen LogP) is 2.84. The number of rotatable bonds is 6. The van der Waals surface area contributed by atoms with Crippen LogP contribution in [0, 0.1) is 0 Å². The highest BCUT2D eigenvalue weighted by atomic mass is 79.9. The van der Waals surface area contributed by atoms with Crippen molar-refractivity contribution in [2.45, 2.75) is 25.1 Å². The van der Waals surface area contributed by atoms with E-state index in [0.29, 0.717) is 29.0 Å². The summed E-state index contributed by atoms with van der Waals surface area (Å²) >= 11 is 3.56. The van der Waals surface area contributed by atoms with E-state index in [4.69, 9.17) is 9.47 Å². The number of ether oxygens (including phenoxy) is 2. The summed E-state index contributed by atoms with van der Waals surface area (Å²) < 4.78 is 12.2. The van der Waals surface area contributed by atoms with Crippen molar-refractivity contribution >= 4 is 21.9 Å². The third-order valence-corrected chi connectivity index (χ3v) is 5.36. The maximum Gasteiger partial charge on any atom is 0.321 e. The number of aromatic nitrogens is 3. The van der Waals surface area contributed by atoms with Crippen LogP contribution in [0.5, 0.6) is 11.5 Å². The van der Waals surface area contributed by atoms with Gasteiger partial charge in [0.25, 0.3) is 0 Å².